The Morgan fingerprint density at radius 2 is 2.27 bits per heavy atom. The molecule has 3 N–H and O–H groups in total. The highest BCUT2D eigenvalue weighted by atomic mass is 19.1. The quantitative estimate of drug-likeness (QED) is 0.785. The van der Waals surface area contributed by atoms with Crippen molar-refractivity contribution in [2.75, 3.05) is 5.73 Å². The standard InChI is InChI=1S/C10H9FN2O2/c11-9-2-1-6(3-7(9)5-14)8-4-13-15-10(8)12/h1-4,14H,5,12H2. The zero-order valence-corrected chi connectivity index (χ0v) is 7.77. The van der Waals surface area contributed by atoms with Gasteiger partial charge < -0.3 is 15.4 Å². The number of aliphatic hydroxyl groups is 1. The number of aliphatic hydroxyl groups excluding tert-OH is 1. The molecule has 0 fully saturated rings. The molecule has 0 saturated heterocycles. The largest absolute Gasteiger partial charge is 0.392 e. The number of benzene rings is 1. The number of rotatable bonds is 2. The number of hydrogen-bond acceptors (Lipinski definition) is 4. The molecule has 0 aliphatic carbocycles. The fraction of sp³-hybridized carbons (Fsp3) is 0.100. The summed E-state index contributed by atoms with van der Waals surface area (Å²) in [7, 11) is 0. The first-order chi connectivity index (χ1) is 7.22. The minimum atomic E-state index is -0.448. The predicted octanol–water partition coefficient (Wildman–Crippen LogP) is 1.56. The van der Waals surface area contributed by atoms with Gasteiger partial charge in [0.05, 0.1) is 18.4 Å². The van der Waals surface area contributed by atoms with Crippen molar-refractivity contribution in [3.8, 4) is 11.1 Å². The summed E-state index contributed by atoms with van der Waals surface area (Å²) in [4.78, 5) is 0. The highest BCUT2D eigenvalue weighted by molar-refractivity contribution is 5.72. The molecule has 0 aliphatic rings. The fourth-order valence-corrected chi connectivity index (χ4v) is 1.33. The number of aromatic nitrogens is 1. The fourth-order valence-electron chi connectivity index (χ4n) is 1.33. The molecule has 0 unspecified atom stereocenters. The Morgan fingerprint density at radius 3 is 2.87 bits per heavy atom. The van der Waals surface area contributed by atoms with E-state index in [2.05, 4.69) is 5.16 Å². The molecule has 4 nitrogen and oxygen atoms in total. The monoisotopic (exact) mass is 208 g/mol. The smallest absolute Gasteiger partial charge is 0.229 e. The Hall–Kier alpha value is -1.88. The van der Waals surface area contributed by atoms with Crippen LogP contribution in [0.3, 0.4) is 0 Å². The molecule has 78 valence electrons. The minimum absolute atomic E-state index is 0.172. The summed E-state index contributed by atoms with van der Waals surface area (Å²) in [5, 5.41) is 12.4. The first-order valence-corrected chi connectivity index (χ1v) is 4.32. The van der Waals surface area contributed by atoms with Crippen molar-refractivity contribution in [3.63, 3.8) is 0 Å². The number of nitrogen functional groups attached to an aromatic ring is 1. The summed E-state index contributed by atoms with van der Waals surface area (Å²) in [5.74, 6) is -0.276. The summed E-state index contributed by atoms with van der Waals surface area (Å²) in [6.07, 6.45) is 1.45. The Bertz CT molecular complexity index is 482. The molecule has 0 spiro atoms. The Labute approximate surface area is 85.1 Å². The van der Waals surface area contributed by atoms with Crippen molar-refractivity contribution < 1.29 is 14.0 Å². The molecule has 5 heteroatoms. The molecule has 0 atom stereocenters. The van der Waals surface area contributed by atoms with Gasteiger partial charge in [-0.1, -0.05) is 11.2 Å². The van der Waals surface area contributed by atoms with Crippen LogP contribution in [0.5, 0.6) is 0 Å². The lowest BCUT2D eigenvalue weighted by Crippen LogP contribution is -1.91. The third kappa shape index (κ3) is 1.69. The maximum Gasteiger partial charge on any atom is 0.229 e. The van der Waals surface area contributed by atoms with Gasteiger partial charge in [-0.05, 0) is 17.7 Å². The van der Waals surface area contributed by atoms with E-state index in [0.717, 1.165) is 0 Å². The molecule has 0 radical (unpaired) electrons. The predicted molar refractivity (Wildman–Crippen MR) is 52.2 cm³/mol. The summed E-state index contributed by atoms with van der Waals surface area (Å²) in [5.41, 5.74) is 6.99. The normalized spacial score (nSPS) is 10.5. The van der Waals surface area contributed by atoms with Gasteiger partial charge in [0, 0.05) is 5.56 Å². The molecule has 1 heterocycles. The van der Waals surface area contributed by atoms with Crippen LogP contribution in [0.15, 0.2) is 28.9 Å². The summed E-state index contributed by atoms with van der Waals surface area (Å²) in [6, 6.07) is 4.34. The summed E-state index contributed by atoms with van der Waals surface area (Å²) in [6.45, 7) is -0.356. The van der Waals surface area contributed by atoms with Crippen LogP contribution in [0.25, 0.3) is 11.1 Å². The van der Waals surface area contributed by atoms with Crippen molar-refractivity contribution in [1.29, 1.82) is 0 Å². The van der Waals surface area contributed by atoms with Crippen molar-refractivity contribution in [3.05, 3.63) is 35.8 Å². The molecule has 1 aromatic heterocycles. The molecule has 2 aromatic rings. The number of anilines is 1. The van der Waals surface area contributed by atoms with E-state index in [1.807, 2.05) is 0 Å². The van der Waals surface area contributed by atoms with Crippen LogP contribution in [0.4, 0.5) is 10.3 Å². The van der Waals surface area contributed by atoms with Gasteiger partial charge in [-0.2, -0.15) is 0 Å². The van der Waals surface area contributed by atoms with E-state index in [4.69, 9.17) is 15.4 Å². The number of nitrogens with two attached hydrogens (primary N) is 1. The van der Waals surface area contributed by atoms with Crippen LogP contribution in [0.1, 0.15) is 5.56 Å². The van der Waals surface area contributed by atoms with Gasteiger partial charge in [-0.3, -0.25) is 0 Å². The van der Waals surface area contributed by atoms with Crippen LogP contribution < -0.4 is 5.73 Å². The van der Waals surface area contributed by atoms with Crippen LogP contribution in [0.2, 0.25) is 0 Å². The van der Waals surface area contributed by atoms with E-state index >= 15 is 0 Å². The molecule has 0 bridgehead atoms. The third-order valence-electron chi connectivity index (χ3n) is 2.13. The lowest BCUT2D eigenvalue weighted by Gasteiger charge is -2.02. The van der Waals surface area contributed by atoms with Gasteiger partial charge in [0.25, 0.3) is 0 Å². The summed E-state index contributed by atoms with van der Waals surface area (Å²) >= 11 is 0. The molecule has 0 saturated carbocycles. The zero-order valence-electron chi connectivity index (χ0n) is 7.77. The van der Waals surface area contributed by atoms with Crippen LogP contribution in [-0.2, 0) is 6.61 Å². The molecular formula is C10H9FN2O2. The van der Waals surface area contributed by atoms with Gasteiger partial charge in [0.1, 0.15) is 5.82 Å². The lowest BCUT2D eigenvalue weighted by molar-refractivity contribution is 0.276. The third-order valence-corrected chi connectivity index (χ3v) is 2.13. The number of halogens is 1. The molecule has 0 aliphatic heterocycles. The van der Waals surface area contributed by atoms with Crippen molar-refractivity contribution in [2.24, 2.45) is 0 Å². The Kier molecular flexibility index (Phi) is 2.39. The van der Waals surface area contributed by atoms with E-state index in [1.54, 1.807) is 6.07 Å². The highest BCUT2D eigenvalue weighted by Crippen LogP contribution is 2.26. The van der Waals surface area contributed by atoms with E-state index in [1.165, 1.54) is 18.3 Å². The SMILES string of the molecule is Nc1oncc1-c1ccc(F)c(CO)c1. The number of hydrogen-bond donors (Lipinski definition) is 2. The average molecular weight is 208 g/mol. The van der Waals surface area contributed by atoms with Gasteiger partial charge >= 0.3 is 0 Å². The second kappa shape index (κ2) is 3.70. The lowest BCUT2D eigenvalue weighted by atomic mass is 10.1. The zero-order chi connectivity index (χ0) is 10.8. The second-order valence-corrected chi connectivity index (χ2v) is 3.07. The second-order valence-electron chi connectivity index (χ2n) is 3.07. The first kappa shape index (κ1) is 9.67. The maximum atomic E-state index is 13.1. The van der Waals surface area contributed by atoms with Gasteiger partial charge in [-0.25, -0.2) is 4.39 Å². The Morgan fingerprint density at radius 1 is 1.47 bits per heavy atom. The molecule has 2 rings (SSSR count). The Balaban J connectivity index is 2.51. The highest BCUT2D eigenvalue weighted by Gasteiger charge is 2.09. The molecule has 1 aromatic carbocycles. The summed E-state index contributed by atoms with van der Waals surface area (Å²) < 4.78 is 17.8. The van der Waals surface area contributed by atoms with E-state index < -0.39 is 5.82 Å². The molecule has 0 amide bonds. The maximum absolute atomic E-state index is 13.1. The van der Waals surface area contributed by atoms with Crippen LogP contribution in [0, 0.1) is 5.82 Å². The number of nitrogens with zero attached hydrogens (tertiary/aromatic N) is 1. The topological polar surface area (TPSA) is 72.3 Å². The van der Waals surface area contributed by atoms with E-state index in [-0.39, 0.29) is 18.1 Å². The van der Waals surface area contributed by atoms with E-state index in [0.29, 0.717) is 11.1 Å². The minimum Gasteiger partial charge on any atom is -0.392 e. The van der Waals surface area contributed by atoms with E-state index in [9.17, 15) is 4.39 Å². The van der Waals surface area contributed by atoms with Gasteiger partial charge in [-0.15, -0.1) is 0 Å². The van der Waals surface area contributed by atoms with Gasteiger partial charge in [0.15, 0.2) is 0 Å². The van der Waals surface area contributed by atoms with Crippen LogP contribution in [-0.4, -0.2) is 10.3 Å². The van der Waals surface area contributed by atoms with Crippen molar-refractivity contribution >= 4 is 5.88 Å². The molecule has 15 heavy (non-hydrogen) atoms. The molecular weight excluding hydrogens is 199 g/mol. The van der Waals surface area contributed by atoms with Crippen molar-refractivity contribution in [1.82, 2.24) is 5.16 Å². The average Bonchev–Trinajstić information content (AvgIpc) is 2.65. The van der Waals surface area contributed by atoms with Gasteiger partial charge in [0.2, 0.25) is 5.88 Å². The first-order valence-electron chi connectivity index (χ1n) is 4.32. The van der Waals surface area contributed by atoms with Crippen LogP contribution >= 0.6 is 0 Å². The van der Waals surface area contributed by atoms with Crippen molar-refractivity contribution in [2.45, 2.75) is 6.61 Å².